The lowest BCUT2D eigenvalue weighted by molar-refractivity contribution is 0.124. The van der Waals surface area contributed by atoms with Crippen LogP contribution in [-0.2, 0) is 4.74 Å². The predicted octanol–water partition coefficient (Wildman–Crippen LogP) is 3.34. The standard InChI is InChI=1S/C16H28N2O2/c1-4-8-18-16(7-10-19-9-5-2)14-11-15(20-6-3)13-17-12-14/h11-13,16,18H,4-10H2,1-3H3. The molecule has 1 aromatic rings. The molecule has 4 nitrogen and oxygen atoms in total. The Hall–Kier alpha value is -1.13. The highest BCUT2D eigenvalue weighted by Gasteiger charge is 2.12. The maximum atomic E-state index is 5.60. The van der Waals surface area contributed by atoms with Crippen LogP contribution in [0.2, 0.25) is 0 Å². The van der Waals surface area contributed by atoms with Crippen molar-refractivity contribution in [3.05, 3.63) is 24.0 Å². The number of ether oxygens (including phenoxy) is 2. The summed E-state index contributed by atoms with van der Waals surface area (Å²) in [5, 5.41) is 3.56. The molecular weight excluding hydrogens is 252 g/mol. The molecule has 0 aliphatic rings. The lowest BCUT2D eigenvalue weighted by Gasteiger charge is -2.19. The molecule has 0 amide bonds. The van der Waals surface area contributed by atoms with E-state index < -0.39 is 0 Å². The monoisotopic (exact) mass is 280 g/mol. The maximum Gasteiger partial charge on any atom is 0.137 e. The lowest BCUT2D eigenvalue weighted by Crippen LogP contribution is -2.23. The van der Waals surface area contributed by atoms with Gasteiger partial charge in [0.2, 0.25) is 0 Å². The summed E-state index contributed by atoms with van der Waals surface area (Å²) in [4.78, 5) is 4.27. The first-order valence-electron chi connectivity index (χ1n) is 7.70. The van der Waals surface area contributed by atoms with Crippen molar-refractivity contribution in [3.8, 4) is 5.75 Å². The van der Waals surface area contributed by atoms with Gasteiger partial charge in [-0.05, 0) is 44.4 Å². The number of nitrogens with one attached hydrogen (secondary N) is 1. The van der Waals surface area contributed by atoms with Crippen LogP contribution in [0.25, 0.3) is 0 Å². The summed E-state index contributed by atoms with van der Waals surface area (Å²) >= 11 is 0. The van der Waals surface area contributed by atoms with E-state index in [1.807, 2.05) is 13.1 Å². The topological polar surface area (TPSA) is 43.4 Å². The molecule has 0 aliphatic carbocycles. The van der Waals surface area contributed by atoms with Crippen molar-refractivity contribution in [1.82, 2.24) is 10.3 Å². The van der Waals surface area contributed by atoms with Gasteiger partial charge in [-0.3, -0.25) is 4.98 Å². The van der Waals surface area contributed by atoms with Gasteiger partial charge in [-0.2, -0.15) is 0 Å². The summed E-state index contributed by atoms with van der Waals surface area (Å²) in [6.07, 6.45) is 6.81. The fraction of sp³-hybridized carbons (Fsp3) is 0.688. The minimum Gasteiger partial charge on any atom is -0.492 e. The fourth-order valence-electron chi connectivity index (χ4n) is 2.02. The molecule has 4 heteroatoms. The number of rotatable bonds is 11. The van der Waals surface area contributed by atoms with E-state index in [4.69, 9.17) is 9.47 Å². The van der Waals surface area contributed by atoms with Crippen LogP contribution in [0.3, 0.4) is 0 Å². The van der Waals surface area contributed by atoms with Crippen LogP contribution in [0.5, 0.6) is 5.75 Å². The van der Waals surface area contributed by atoms with Crippen LogP contribution in [0.4, 0.5) is 0 Å². The average Bonchev–Trinajstić information content (AvgIpc) is 2.47. The van der Waals surface area contributed by atoms with Gasteiger partial charge in [0, 0.05) is 25.5 Å². The van der Waals surface area contributed by atoms with Crippen molar-refractivity contribution < 1.29 is 9.47 Å². The predicted molar refractivity (Wildman–Crippen MR) is 82.2 cm³/mol. The molecule has 1 heterocycles. The van der Waals surface area contributed by atoms with E-state index in [1.165, 1.54) is 5.56 Å². The van der Waals surface area contributed by atoms with Crippen molar-refractivity contribution >= 4 is 0 Å². The molecule has 0 aliphatic heterocycles. The van der Waals surface area contributed by atoms with Gasteiger partial charge in [0.05, 0.1) is 12.8 Å². The van der Waals surface area contributed by atoms with Gasteiger partial charge in [0.1, 0.15) is 5.75 Å². The van der Waals surface area contributed by atoms with E-state index in [2.05, 4.69) is 30.2 Å². The van der Waals surface area contributed by atoms with Crippen LogP contribution in [0.15, 0.2) is 18.5 Å². The molecule has 1 N–H and O–H groups in total. The van der Waals surface area contributed by atoms with E-state index >= 15 is 0 Å². The zero-order valence-corrected chi connectivity index (χ0v) is 13.0. The Balaban J connectivity index is 2.62. The molecule has 0 bridgehead atoms. The van der Waals surface area contributed by atoms with E-state index in [0.29, 0.717) is 6.61 Å². The summed E-state index contributed by atoms with van der Waals surface area (Å²) < 4.78 is 11.1. The molecular formula is C16H28N2O2. The summed E-state index contributed by atoms with van der Waals surface area (Å²) in [6.45, 7) is 9.55. The second-order valence-corrected chi connectivity index (χ2v) is 4.79. The Kier molecular flexibility index (Phi) is 9.00. The van der Waals surface area contributed by atoms with Gasteiger partial charge in [0.25, 0.3) is 0 Å². The molecule has 0 spiro atoms. The Bertz CT molecular complexity index is 358. The number of hydrogen-bond donors (Lipinski definition) is 1. The summed E-state index contributed by atoms with van der Waals surface area (Å²) in [6, 6.07) is 2.35. The SMILES string of the molecule is CCCNC(CCOCCC)c1cncc(OCC)c1. The van der Waals surface area contributed by atoms with E-state index in [9.17, 15) is 0 Å². The highest BCUT2D eigenvalue weighted by molar-refractivity contribution is 5.26. The first kappa shape index (κ1) is 16.9. The van der Waals surface area contributed by atoms with Gasteiger partial charge in [-0.1, -0.05) is 13.8 Å². The van der Waals surface area contributed by atoms with Crippen LogP contribution in [0, 0.1) is 0 Å². The average molecular weight is 280 g/mol. The van der Waals surface area contributed by atoms with E-state index in [-0.39, 0.29) is 6.04 Å². The highest BCUT2D eigenvalue weighted by atomic mass is 16.5. The third-order valence-electron chi connectivity index (χ3n) is 2.99. The first-order valence-corrected chi connectivity index (χ1v) is 7.70. The number of aromatic nitrogens is 1. The van der Waals surface area contributed by atoms with Crippen LogP contribution in [-0.4, -0.2) is 31.3 Å². The van der Waals surface area contributed by atoms with Crippen LogP contribution < -0.4 is 10.1 Å². The third-order valence-corrected chi connectivity index (χ3v) is 2.99. The smallest absolute Gasteiger partial charge is 0.137 e. The second kappa shape index (κ2) is 10.6. The van der Waals surface area contributed by atoms with Crippen molar-refractivity contribution in [2.45, 2.75) is 46.1 Å². The van der Waals surface area contributed by atoms with Crippen molar-refractivity contribution in [1.29, 1.82) is 0 Å². The number of nitrogens with zero attached hydrogens (tertiary/aromatic N) is 1. The third kappa shape index (κ3) is 6.35. The van der Waals surface area contributed by atoms with Gasteiger partial charge >= 0.3 is 0 Å². The van der Waals surface area contributed by atoms with Crippen LogP contribution in [0.1, 0.15) is 51.6 Å². The second-order valence-electron chi connectivity index (χ2n) is 4.79. The zero-order valence-electron chi connectivity index (χ0n) is 13.0. The molecule has 0 saturated carbocycles. The van der Waals surface area contributed by atoms with Crippen molar-refractivity contribution in [2.24, 2.45) is 0 Å². The number of hydrogen-bond acceptors (Lipinski definition) is 4. The summed E-state index contributed by atoms with van der Waals surface area (Å²) in [5.74, 6) is 0.836. The summed E-state index contributed by atoms with van der Waals surface area (Å²) in [5.41, 5.74) is 1.17. The van der Waals surface area contributed by atoms with Crippen molar-refractivity contribution in [2.75, 3.05) is 26.4 Å². The Morgan fingerprint density at radius 1 is 1.15 bits per heavy atom. The maximum absolute atomic E-state index is 5.60. The largest absolute Gasteiger partial charge is 0.492 e. The van der Waals surface area contributed by atoms with Gasteiger partial charge in [-0.15, -0.1) is 0 Å². The minimum absolute atomic E-state index is 0.278. The molecule has 20 heavy (non-hydrogen) atoms. The molecule has 1 rings (SSSR count). The zero-order chi connectivity index (χ0) is 14.6. The molecule has 1 unspecified atom stereocenters. The van der Waals surface area contributed by atoms with Crippen LogP contribution >= 0.6 is 0 Å². The molecule has 0 aromatic carbocycles. The molecule has 114 valence electrons. The van der Waals surface area contributed by atoms with E-state index in [0.717, 1.165) is 44.8 Å². The first-order chi connectivity index (χ1) is 9.81. The Morgan fingerprint density at radius 2 is 2.00 bits per heavy atom. The molecule has 0 saturated heterocycles. The Morgan fingerprint density at radius 3 is 2.70 bits per heavy atom. The van der Waals surface area contributed by atoms with E-state index in [1.54, 1.807) is 6.20 Å². The normalized spacial score (nSPS) is 12.3. The van der Waals surface area contributed by atoms with Gasteiger partial charge in [0.15, 0.2) is 0 Å². The quantitative estimate of drug-likeness (QED) is 0.631. The number of pyridine rings is 1. The van der Waals surface area contributed by atoms with Gasteiger partial charge in [-0.25, -0.2) is 0 Å². The molecule has 0 fully saturated rings. The minimum atomic E-state index is 0.278. The fourth-order valence-corrected chi connectivity index (χ4v) is 2.02. The summed E-state index contributed by atoms with van der Waals surface area (Å²) in [7, 11) is 0. The van der Waals surface area contributed by atoms with Crippen molar-refractivity contribution in [3.63, 3.8) is 0 Å². The van der Waals surface area contributed by atoms with Gasteiger partial charge < -0.3 is 14.8 Å². The lowest BCUT2D eigenvalue weighted by atomic mass is 10.1. The molecule has 0 radical (unpaired) electrons. The molecule has 1 atom stereocenters. The highest BCUT2D eigenvalue weighted by Crippen LogP contribution is 2.20. The Labute approximate surface area is 122 Å². The molecule has 1 aromatic heterocycles.